The van der Waals surface area contributed by atoms with Crippen LogP contribution in [0.5, 0.6) is 0 Å². The van der Waals surface area contributed by atoms with Crippen LogP contribution in [0.1, 0.15) is 33.3 Å². The summed E-state index contributed by atoms with van der Waals surface area (Å²) in [7, 11) is 0. The van der Waals surface area contributed by atoms with E-state index >= 15 is 0 Å². The molecule has 1 saturated carbocycles. The van der Waals surface area contributed by atoms with Crippen molar-refractivity contribution in [2.45, 2.75) is 82.5 Å². The minimum Gasteiger partial charge on any atom is -0.387 e. The zero-order chi connectivity index (χ0) is 17.8. The van der Waals surface area contributed by atoms with Crippen molar-refractivity contribution in [1.29, 1.82) is 0 Å². The lowest BCUT2D eigenvalue weighted by Gasteiger charge is -2.40. The van der Waals surface area contributed by atoms with E-state index in [0.29, 0.717) is 6.61 Å². The number of hydrogen-bond acceptors (Lipinski definition) is 6. The van der Waals surface area contributed by atoms with E-state index in [1.54, 1.807) is 0 Å². The van der Waals surface area contributed by atoms with E-state index in [2.05, 4.69) is 0 Å². The summed E-state index contributed by atoms with van der Waals surface area (Å²) in [4.78, 5) is 0. The van der Waals surface area contributed by atoms with Gasteiger partial charge in [-0.25, -0.2) is 0 Å². The Morgan fingerprint density at radius 1 is 0.840 bits per heavy atom. The predicted octanol–water partition coefficient (Wildman–Crippen LogP) is 1.99. The maximum absolute atomic E-state index is 10.8. The Morgan fingerprint density at radius 2 is 1.32 bits per heavy atom. The van der Waals surface area contributed by atoms with Gasteiger partial charge < -0.3 is 28.8 Å². The minimum atomic E-state index is -0.824. The standard InChI is InChI=1S/C19H26O6/c1-18(2)22-13-12(20)14-17(25-19(3,4)23-14)15(16(13)24-18)21-10-11-8-6-5-7-9-11/h5-9,12-17,20H,10H2,1-4H3/t12?,13-,14-,15-,16?,17+/m1/s1. The zero-order valence-corrected chi connectivity index (χ0v) is 15.0. The predicted molar refractivity (Wildman–Crippen MR) is 88.7 cm³/mol. The van der Waals surface area contributed by atoms with E-state index in [-0.39, 0.29) is 6.10 Å². The van der Waals surface area contributed by atoms with Gasteiger partial charge >= 0.3 is 0 Å². The fourth-order valence-electron chi connectivity index (χ4n) is 4.00. The summed E-state index contributed by atoms with van der Waals surface area (Å²) in [5, 5.41) is 10.8. The van der Waals surface area contributed by atoms with Gasteiger partial charge in [0.1, 0.15) is 36.6 Å². The molecule has 4 rings (SSSR count). The third kappa shape index (κ3) is 3.23. The minimum absolute atomic E-state index is 0.387. The number of fused-ring (bicyclic) bond motifs is 2. The summed E-state index contributed by atoms with van der Waals surface area (Å²) in [5.41, 5.74) is 1.07. The monoisotopic (exact) mass is 350 g/mol. The summed E-state index contributed by atoms with van der Waals surface area (Å²) in [6, 6.07) is 9.95. The smallest absolute Gasteiger partial charge is 0.164 e. The van der Waals surface area contributed by atoms with Crippen molar-refractivity contribution in [3.63, 3.8) is 0 Å². The highest BCUT2D eigenvalue weighted by Gasteiger charge is 2.63. The lowest BCUT2D eigenvalue weighted by atomic mass is 9.85. The van der Waals surface area contributed by atoms with E-state index in [1.165, 1.54) is 0 Å². The van der Waals surface area contributed by atoms with Gasteiger partial charge in [0, 0.05) is 0 Å². The second kappa shape index (κ2) is 6.01. The van der Waals surface area contributed by atoms with Crippen molar-refractivity contribution >= 4 is 0 Å². The van der Waals surface area contributed by atoms with Gasteiger partial charge in [-0.2, -0.15) is 0 Å². The Hall–Kier alpha value is -1.02. The van der Waals surface area contributed by atoms with Crippen molar-refractivity contribution in [3.05, 3.63) is 35.9 Å². The number of rotatable bonds is 3. The molecule has 2 aliphatic heterocycles. The van der Waals surface area contributed by atoms with Crippen molar-refractivity contribution in [2.24, 2.45) is 0 Å². The van der Waals surface area contributed by atoms with Crippen LogP contribution in [0.3, 0.4) is 0 Å². The van der Waals surface area contributed by atoms with Gasteiger partial charge in [0.05, 0.1) is 6.61 Å². The average Bonchev–Trinajstić information content (AvgIpc) is 3.04. The van der Waals surface area contributed by atoms with E-state index in [4.69, 9.17) is 23.7 Å². The van der Waals surface area contributed by atoms with Crippen LogP contribution >= 0.6 is 0 Å². The molecule has 1 aromatic rings. The topological polar surface area (TPSA) is 66.4 Å². The number of aliphatic hydroxyl groups is 1. The molecule has 2 heterocycles. The molecule has 0 radical (unpaired) electrons. The molecule has 25 heavy (non-hydrogen) atoms. The van der Waals surface area contributed by atoms with Crippen LogP contribution in [-0.4, -0.2) is 53.3 Å². The van der Waals surface area contributed by atoms with E-state index in [1.807, 2.05) is 58.0 Å². The summed E-state index contributed by atoms with van der Waals surface area (Å²) < 4.78 is 30.2. The summed E-state index contributed by atoms with van der Waals surface area (Å²) in [5.74, 6) is -1.56. The molecule has 6 atom stereocenters. The average molecular weight is 350 g/mol. The highest BCUT2D eigenvalue weighted by atomic mass is 16.8. The molecule has 0 aromatic heterocycles. The highest BCUT2D eigenvalue weighted by Crippen LogP contribution is 2.45. The first kappa shape index (κ1) is 17.4. The van der Waals surface area contributed by atoms with Gasteiger partial charge in [0.2, 0.25) is 0 Å². The van der Waals surface area contributed by atoms with Gasteiger partial charge in [-0.15, -0.1) is 0 Å². The van der Waals surface area contributed by atoms with Gasteiger partial charge in [-0.1, -0.05) is 30.3 Å². The third-order valence-corrected chi connectivity index (χ3v) is 4.93. The lowest BCUT2D eigenvalue weighted by Crippen LogP contribution is -2.62. The summed E-state index contributed by atoms with van der Waals surface area (Å²) in [6.07, 6.45) is -3.04. The third-order valence-electron chi connectivity index (χ3n) is 4.93. The number of aliphatic hydroxyl groups excluding tert-OH is 1. The molecule has 2 unspecified atom stereocenters. The lowest BCUT2D eigenvalue weighted by molar-refractivity contribution is -0.190. The Bertz CT molecular complexity index is 584. The van der Waals surface area contributed by atoms with E-state index in [0.717, 1.165) is 5.56 Å². The quantitative estimate of drug-likeness (QED) is 0.899. The molecule has 6 nitrogen and oxygen atoms in total. The van der Waals surface area contributed by atoms with Crippen molar-refractivity contribution in [2.75, 3.05) is 0 Å². The van der Waals surface area contributed by atoms with Gasteiger partial charge in [0.15, 0.2) is 11.6 Å². The largest absolute Gasteiger partial charge is 0.387 e. The molecular weight excluding hydrogens is 324 g/mol. The fraction of sp³-hybridized carbons (Fsp3) is 0.684. The molecule has 0 amide bonds. The van der Waals surface area contributed by atoms with Crippen LogP contribution in [0.4, 0.5) is 0 Å². The van der Waals surface area contributed by atoms with Gasteiger partial charge in [-0.05, 0) is 33.3 Å². The van der Waals surface area contributed by atoms with Crippen molar-refractivity contribution in [1.82, 2.24) is 0 Å². The zero-order valence-electron chi connectivity index (χ0n) is 15.0. The first-order valence-corrected chi connectivity index (χ1v) is 8.81. The van der Waals surface area contributed by atoms with Crippen LogP contribution < -0.4 is 0 Å². The molecular formula is C19H26O6. The maximum atomic E-state index is 10.8. The number of ether oxygens (including phenoxy) is 5. The summed E-state index contributed by atoms with van der Waals surface area (Å²) in [6.45, 7) is 7.80. The second-order valence-corrected chi connectivity index (χ2v) is 7.88. The highest BCUT2D eigenvalue weighted by molar-refractivity contribution is 5.14. The molecule has 0 bridgehead atoms. The molecule has 1 aliphatic carbocycles. The van der Waals surface area contributed by atoms with Crippen molar-refractivity contribution < 1.29 is 28.8 Å². The maximum Gasteiger partial charge on any atom is 0.164 e. The SMILES string of the molecule is CC1(C)OC2[C@H](O1)C(O)[C@H]1OC(C)(C)O[C@@H]1[C@@H]2OCc1ccccc1. The van der Waals surface area contributed by atoms with E-state index < -0.39 is 42.1 Å². The normalized spacial score (nSPS) is 41.3. The van der Waals surface area contributed by atoms with Crippen molar-refractivity contribution in [3.8, 4) is 0 Å². The first-order valence-electron chi connectivity index (χ1n) is 8.81. The van der Waals surface area contributed by atoms with Crippen LogP contribution in [0, 0.1) is 0 Å². The molecule has 1 N–H and O–H groups in total. The van der Waals surface area contributed by atoms with E-state index in [9.17, 15) is 5.11 Å². The Morgan fingerprint density at radius 3 is 1.84 bits per heavy atom. The number of hydrogen-bond donors (Lipinski definition) is 1. The van der Waals surface area contributed by atoms with Gasteiger partial charge in [-0.3, -0.25) is 0 Å². The summed E-state index contributed by atoms with van der Waals surface area (Å²) >= 11 is 0. The number of benzene rings is 1. The molecule has 138 valence electrons. The Balaban J connectivity index is 1.59. The first-order chi connectivity index (χ1) is 11.8. The van der Waals surface area contributed by atoms with Crippen LogP contribution in [0.2, 0.25) is 0 Å². The van der Waals surface area contributed by atoms with Crippen LogP contribution in [-0.2, 0) is 30.3 Å². The van der Waals surface area contributed by atoms with Crippen LogP contribution in [0.15, 0.2) is 30.3 Å². The molecule has 3 fully saturated rings. The molecule has 0 spiro atoms. The van der Waals surface area contributed by atoms with Gasteiger partial charge in [0.25, 0.3) is 0 Å². The fourth-order valence-corrected chi connectivity index (χ4v) is 4.00. The molecule has 3 aliphatic rings. The molecule has 6 heteroatoms. The Kier molecular flexibility index (Phi) is 4.18. The molecule has 1 aromatic carbocycles. The Labute approximate surface area is 148 Å². The second-order valence-electron chi connectivity index (χ2n) is 7.88. The molecule has 2 saturated heterocycles. The van der Waals surface area contributed by atoms with Crippen LogP contribution in [0.25, 0.3) is 0 Å².